The number of aliphatic hydroxyl groups is 1. The third-order valence-electron chi connectivity index (χ3n) is 4.63. The molecule has 0 aliphatic heterocycles. The van der Waals surface area contributed by atoms with E-state index in [1.54, 1.807) is 0 Å². The highest BCUT2D eigenvalue weighted by Crippen LogP contribution is 2.31. The second-order valence-corrected chi connectivity index (χ2v) is 7.14. The smallest absolute Gasteiger partial charge is 0.0924 e. The van der Waals surface area contributed by atoms with E-state index in [4.69, 9.17) is 28.2 Å². The minimum Gasteiger partial charge on any atom is -0.387 e. The summed E-state index contributed by atoms with van der Waals surface area (Å²) in [4.78, 5) is 6.95. The van der Waals surface area contributed by atoms with Crippen molar-refractivity contribution in [1.82, 2.24) is 9.88 Å². The summed E-state index contributed by atoms with van der Waals surface area (Å²) >= 11 is 12.2. The number of aromatic nitrogens is 1. The zero-order valence-corrected chi connectivity index (χ0v) is 16.4. The maximum atomic E-state index is 10.9. The molecule has 0 saturated heterocycles. The molecule has 1 heterocycles. The van der Waals surface area contributed by atoms with E-state index in [2.05, 4.69) is 18.7 Å². The van der Waals surface area contributed by atoms with Gasteiger partial charge in [-0.1, -0.05) is 55.2 Å². The largest absolute Gasteiger partial charge is 0.387 e. The molecule has 0 saturated carbocycles. The molecule has 3 nitrogen and oxygen atoms in total. The number of rotatable bonds is 6. The lowest BCUT2D eigenvalue weighted by atomic mass is 10.00. The number of likely N-dealkylation sites (N-methyl/N-ethyl adjacent to an activating group) is 1. The van der Waals surface area contributed by atoms with Crippen LogP contribution in [-0.2, 0) is 0 Å². The van der Waals surface area contributed by atoms with E-state index in [0.717, 1.165) is 40.8 Å². The summed E-state index contributed by atoms with van der Waals surface area (Å²) in [5.41, 5.74) is 3.39. The van der Waals surface area contributed by atoms with Crippen LogP contribution in [0.2, 0.25) is 10.0 Å². The third kappa shape index (κ3) is 4.18. The summed E-state index contributed by atoms with van der Waals surface area (Å²) < 4.78 is 0. The zero-order valence-electron chi connectivity index (χ0n) is 14.9. The fourth-order valence-corrected chi connectivity index (χ4v) is 3.39. The summed E-state index contributed by atoms with van der Waals surface area (Å²) in [5.74, 6) is 0. The maximum Gasteiger partial charge on any atom is 0.0924 e. The second-order valence-electron chi connectivity index (χ2n) is 6.27. The molecule has 0 bridgehead atoms. The Morgan fingerprint density at radius 3 is 2.27 bits per heavy atom. The van der Waals surface area contributed by atoms with Crippen LogP contribution in [0.25, 0.3) is 22.2 Å². The summed E-state index contributed by atoms with van der Waals surface area (Å²) in [6.45, 7) is 6.56. The highest BCUT2D eigenvalue weighted by molar-refractivity contribution is 6.31. The van der Waals surface area contributed by atoms with E-state index in [9.17, 15) is 5.11 Å². The predicted molar refractivity (Wildman–Crippen MR) is 110 cm³/mol. The highest BCUT2D eigenvalue weighted by atomic mass is 35.5. The van der Waals surface area contributed by atoms with Crippen LogP contribution in [0.5, 0.6) is 0 Å². The minimum absolute atomic E-state index is 0.578. The zero-order chi connectivity index (χ0) is 18.7. The van der Waals surface area contributed by atoms with Crippen molar-refractivity contribution in [1.29, 1.82) is 0 Å². The fourth-order valence-electron chi connectivity index (χ4n) is 3.10. The SMILES string of the molecule is CCN(CC)C[C@@H](O)c1cc(-c2ccc(Cl)cc2)nc2cc(Cl)ccc12. The fraction of sp³-hybridized carbons (Fsp3) is 0.286. The average molecular weight is 389 g/mol. The molecule has 26 heavy (non-hydrogen) atoms. The van der Waals surface area contributed by atoms with Crippen molar-refractivity contribution >= 4 is 34.1 Å². The molecule has 0 spiro atoms. The molecule has 136 valence electrons. The molecule has 2 aromatic carbocycles. The van der Waals surface area contributed by atoms with Gasteiger partial charge in [0.05, 0.1) is 17.3 Å². The van der Waals surface area contributed by atoms with Crippen LogP contribution in [0.15, 0.2) is 48.5 Å². The van der Waals surface area contributed by atoms with E-state index in [1.807, 2.05) is 48.5 Å². The van der Waals surface area contributed by atoms with E-state index >= 15 is 0 Å². The summed E-state index contributed by atoms with van der Waals surface area (Å²) in [6.07, 6.45) is -0.604. The van der Waals surface area contributed by atoms with Gasteiger partial charge in [-0.15, -0.1) is 0 Å². The Morgan fingerprint density at radius 2 is 1.62 bits per heavy atom. The number of hydrogen-bond donors (Lipinski definition) is 1. The predicted octanol–water partition coefficient (Wildman–Crippen LogP) is 5.58. The number of hydrogen-bond acceptors (Lipinski definition) is 3. The van der Waals surface area contributed by atoms with Gasteiger partial charge in [0.25, 0.3) is 0 Å². The number of aliphatic hydroxyl groups excluding tert-OH is 1. The lowest BCUT2D eigenvalue weighted by Crippen LogP contribution is -2.28. The Balaban J connectivity index is 2.11. The minimum atomic E-state index is -0.604. The summed E-state index contributed by atoms with van der Waals surface area (Å²) in [5, 5.41) is 13.1. The van der Waals surface area contributed by atoms with Gasteiger partial charge in [0.1, 0.15) is 0 Å². The first-order valence-electron chi connectivity index (χ1n) is 8.78. The second kappa shape index (κ2) is 8.36. The molecule has 1 N–H and O–H groups in total. The number of pyridine rings is 1. The van der Waals surface area contributed by atoms with E-state index in [0.29, 0.717) is 16.6 Å². The Morgan fingerprint density at radius 1 is 0.962 bits per heavy atom. The molecule has 0 aliphatic carbocycles. The Hall–Kier alpha value is -1.65. The topological polar surface area (TPSA) is 36.4 Å². The first kappa shape index (κ1) is 19.1. The van der Waals surface area contributed by atoms with Crippen molar-refractivity contribution in [3.63, 3.8) is 0 Å². The Labute approximate surface area is 164 Å². The average Bonchev–Trinajstić information content (AvgIpc) is 2.65. The molecule has 3 rings (SSSR count). The molecule has 5 heteroatoms. The van der Waals surface area contributed by atoms with Gasteiger partial charge in [-0.3, -0.25) is 0 Å². The van der Waals surface area contributed by atoms with Crippen LogP contribution in [0.4, 0.5) is 0 Å². The van der Waals surface area contributed by atoms with Gasteiger partial charge in [0.15, 0.2) is 0 Å². The first-order chi connectivity index (χ1) is 12.5. The number of benzene rings is 2. The van der Waals surface area contributed by atoms with E-state index in [-0.39, 0.29) is 0 Å². The molecule has 1 aromatic heterocycles. The van der Waals surface area contributed by atoms with Crippen LogP contribution in [0.3, 0.4) is 0 Å². The maximum absolute atomic E-state index is 10.9. The van der Waals surface area contributed by atoms with Gasteiger partial charge < -0.3 is 10.0 Å². The van der Waals surface area contributed by atoms with Crippen LogP contribution in [0.1, 0.15) is 25.5 Å². The van der Waals surface area contributed by atoms with Crippen LogP contribution in [0, 0.1) is 0 Å². The molecular weight excluding hydrogens is 367 g/mol. The molecule has 0 radical (unpaired) electrons. The van der Waals surface area contributed by atoms with E-state index in [1.165, 1.54) is 0 Å². The molecule has 3 aromatic rings. The molecule has 0 unspecified atom stereocenters. The number of halogens is 2. The molecule has 0 fully saturated rings. The molecular formula is C21H22Cl2N2O. The monoisotopic (exact) mass is 388 g/mol. The number of fused-ring (bicyclic) bond motifs is 1. The highest BCUT2D eigenvalue weighted by Gasteiger charge is 2.17. The van der Waals surface area contributed by atoms with Crippen molar-refractivity contribution < 1.29 is 5.11 Å². The van der Waals surface area contributed by atoms with E-state index < -0.39 is 6.10 Å². The van der Waals surface area contributed by atoms with Crippen molar-refractivity contribution in [3.8, 4) is 11.3 Å². The van der Waals surface area contributed by atoms with Crippen molar-refractivity contribution in [2.75, 3.05) is 19.6 Å². The van der Waals surface area contributed by atoms with Crippen molar-refractivity contribution in [3.05, 3.63) is 64.1 Å². The standard InChI is InChI=1S/C21H22Cl2N2O/c1-3-25(4-2)13-21(26)18-12-19(14-5-7-15(22)8-6-14)24-20-11-16(23)9-10-17(18)20/h5-12,21,26H,3-4,13H2,1-2H3/t21-/m1/s1. The molecule has 1 atom stereocenters. The molecule has 0 aliphatic rings. The summed E-state index contributed by atoms with van der Waals surface area (Å²) in [6, 6.07) is 15.1. The lowest BCUT2D eigenvalue weighted by Gasteiger charge is -2.23. The van der Waals surface area contributed by atoms with Gasteiger partial charge in [0.2, 0.25) is 0 Å². The van der Waals surface area contributed by atoms with Crippen LogP contribution in [-0.4, -0.2) is 34.6 Å². The normalized spacial score (nSPS) is 12.7. The lowest BCUT2D eigenvalue weighted by molar-refractivity contribution is 0.120. The van der Waals surface area contributed by atoms with Gasteiger partial charge in [-0.2, -0.15) is 0 Å². The molecule has 0 amide bonds. The van der Waals surface area contributed by atoms with Crippen LogP contribution < -0.4 is 0 Å². The third-order valence-corrected chi connectivity index (χ3v) is 5.12. The van der Waals surface area contributed by atoms with Crippen molar-refractivity contribution in [2.45, 2.75) is 20.0 Å². The van der Waals surface area contributed by atoms with Crippen LogP contribution >= 0.6 is 23.2 Å². The van der Waals surface area contributed by atoms with Gasteiger partial charge in [-0.05, 0) is 49.0 Å². The van der Waals surface area contributed by atoms with Gasteiger partial charge >= 0.3 is 0 Å². The van der Waals surface area contributed by atoms with Gasteiger partial charge in [-0.25, -0.2) is 4.98 Å². The Bertz CT molecular complexity index is 892. The van der Waals surface area contributed by atoms with Gasteiger partial charge in [0, 0.05) is 27.5 Å². The quantitative estimate of drug-likeness (QED) is 0.598. The first-order valence-corrected chi connectivity index (χ1v) is 9.54. The summed E-state index contributed by atoms with van der Waals surface area (Å²) in [7, 11) is 0. The number of nitrogens with zero attached hydrogens (tertiary/aromatic N) is 2. The van der Waals surface area contributed by atoms with Crippen molar-refractivity contribution in [2.24, 2.45) is 0 Å². The Kier molecular flexibility index (Phi) is 6.15.